The predicted octanol–water partition coefficient (Wildman–Crippen LogP) is 2.38. The van der Waals surface area contributed by atoms with E-state index < -0.39 is 11.7 Å². The lowest BCUT2D eigenvalue weighted by molar-refractivity contribution is 0.0529. The van der Waals surface area contributed by atoms with Gasteiger partial charge in [-0.25, -0.2) is 4.79 Å². The van der Waals surface area contributed by atoms with Crippen LogP contribution >= 0.6 is 0 Å². The minimum atomic E-state index is -0.432. The zero-order valence-corrected chi connectivity index (χ0v) is 10.0. The second kappa shape index (κ2) is 8.81. The first-order valence-electron chi connectivity index (χ1n) is 5.04. The Morgan fingerprint density at radius 3 is 2.14 bits per heavy atom. The lowest BCUT2D eigenvalue weighted by Gasteiger charge is -2.19. The largest absolute Gasteiger partial charge is 0.444 e. The van der Waals surface area contributed by atoms with Crippen molar-refractivity contribution in [3.63, 3.8) is 0 Å². The summed E-state index contributed by atoms with van der Waals surface area (Å²) in [6.45, 7) is 10.6. The van der Waals surface area contributed by atoms with E-state index in [0.29, 0.717) is 13.1 Å². The second-order valence-corrected chi connectivity index (χ2v) is 3.92. The standard InChI is InChI=1S/C7H16N2O2.C3H8.2H2/c1-7(2,3)11-6(10)9-5-4-8;1-3-2;;/h4-5,8H2,1-3H3,(H,9,10);3H2,1-2H3;2*1H. The van der Waals surface area contributed by atoms with E-state index in [1.54, 1.807) is 0 Å². The van der Waals surface area contributed by atoms with Crippen LogP contribution in [-0.4, -0.2) is 24.8 Å². The van der Waals surface area contributed by atoms with Crippen molar-refractivity contribution in [3.8, 4) is 0 Å². The molecule has 0 unspecified atom stereocenters. The van der Waals surface area contributed by atoms with E-state index in [1.807, 2.05) is 20.8 Å². The molecule has 90 valence electrons. The SMILES string of the molecule is CC(C)(C)OC(=O)NCCN.CCC.[HH].[HH]. The van der Waals surface area contributed by atoms with Gasteiger partial charge in [-0.1, -0.05) is 20.3 Å². The topological polar surface area (TPSA) is 64.3 Å². The van der Waals surface area contributed by atoms with Crippen molar-refractivity contribution in [3.05, 3.63) is 0 Å². The van der Waals surface area contributed by atoms with Crippen LogP contribution < -0.4 is 11.1 Å². The van der Waals surface area contributed by atoms with E-state index in [2.05, 4.69) is 19.2 Å². The van der Waals surface area contributed by atoms with Crippen molar-refractivity contribution in [2.45, 2.75) is 46.6 Å². The predicted molar refractivity (Wildman–Crippen MR) is 63.5 cm³/mol. The van der Waals surface area contributed by atoms with Crippen molar-refractivity contribution in [2.75, 3.05) is 13.1 Å². The maximum absolute atomic E-state index is 10.8. The lowest BCUT2D eigenvalue weighted by Crippen LogP contribution is -2.35. The van der Waals surface area contributed by atoms with E-state index >= 15 is 0 Å². The van der Waals surface area contributed by atoms with Crippen molar-refractivity contribution in [1.82, 2.24) is 5.32 Å². The highest BCUT2D eigenvalue weighted by atomic mass is 16.6. The monoisotopic (exact) mass is 208 g/mol. The van der Waals surface area contributed by atoms with Gasteiger partial charge in [0.2, 0.25) is 0 Å². The average Bonchev–Trinajstić information content (AvgIpc) is 1.99. The van der Waals surface area contributed by atoms with E-state index in [9.17, 15) is 4.79 Å². The van der Waals surface area contributed by atoms with Gasteiger partial charge in [0.1, 0.15) is 5.60 Å². The molecule has 0 radical (unpaired) electrons. The lowest BCUT2D eigenvalue weighted by atomic mass is 10.2. The highest BCUT2D eigenvalue weighted by Crippen LogP contribution is 2.05. The molecule has 0 aliphatic rings. The first kappa shape index (κ1) is 15.7. The van der Waals surface area contributed by atoms with Crippen LogP contribution in [0.1, 0.15) is 43.9 Å². The highest BCUT2D eigenvalue weighted by Gasteiger charge is 2.14. The van der Waals surface area contributed by atoms with Crippen LogP contribution in [0.5, 0.6) is 0 Å². The third-order valence-electron chi connectivity index (χ3n) is 0.813. The summed E-state index contributed by atoms with van der Waals surface area (Å²) in [4.78, 5) is 10.8. The molecule has 0 aromatic heterocycles. The van der Waals surface area contributed by atoms with Gasteiger partial charge in [-0.3, -0.25) is 0 Å². The first-order valence-corrected chi connectivity index (χ1v) is 5.04. The van der Waals surface area contributed by atoms with Gasteiger partial charge in [-0.05, 0) is 20.8 Å². The van der Waals surface area contributed by atoms with E-state index in [4.69, 9.17) is 10.5 Å². The van der Waals surface area contributed by atoms with Gasteiger partial charge in [-0.2, -0.15) is 0 Å². The summed E-state index contributed by atoms with van der Waals surface area (Å²) in [5.41, 5.74) is 4.74. The molecule has 0 aliphatic heterocycles. The number of nitrogens with one attached hydrogen (secondary N) is 1. The Balaban J connectivity index is -0.000000129. The van der Waals surface area contributed by atoms with Crippen LogP contribution in [0.2, 0.25) is 0 Å². The van der Waals surface area contributed by atoms with Crippen LogP contribution in [0.3, 0.4) is 0 Å². The van der Waals surface area contributed by atoms with E-state index in [1.165, 1.54) is 6.42 Å². The molecule has 0 fully saturated rings. The van der Waals surface area contributed by atoms with Gasteiger partial charge < -0.3 is 15.8 Å². The number of rotatable bonds is 2. The van der Waals surface area contributed by atoms with E-state index in [-0.39, 0.29) is 2.85 Å². The van der Waals surface area contributed by atoms with Crippen LogP contribution in [0.15, 0.2) is 0 Å². The van der Waals surface area contributed by atoms with Crippen molar-refractivity contribution < 1.29 is 12.4 Å². The molecular formula is C10H28N2O2. The van der Waals surface area contributed by atoms with E-state index in [0.717, 1.165) is 0 Å². The van der Waals surface area contributed by atoms with Crippen molar-refractivity contribution in [2.24, 2.45) is 5.73 Å². The number of ether oxygens (including phenoxy) is 1. The molecular weight excluding hydrogens is 180 g/mol. The molecule has 0 aliphatic carbocycles. The minimum absolute atomic E-state index is 0. The zero-order chi connectivity index (χ0) is 11.6. The average molecular weight is 208 g/mol. The summed E-state index contributed by atoms with van der Waals surface area (Å²) in [7, 11) is 0. The minimum Gasteiger partial charge on any atom is -0.444 e. The molecule has 4 nitrogen and oxygen atoms in total. The molecule has 0 saturated carbocycles. The van der Waals surface area contributed by atoms with Crippen LogP contribution in [0, 0.1) is 0 Å². The van der Waals surface area contributed by atoms with Crippen LogP contribution in [0.25, 0.3) is 0 Å². The smallest absolute Gasteiger partial charge is 0.407 e. The first-order chi connectivity index (χ1) is 6.37. The maximum Gasteiger partial charge on any atom is 0.407 e. The summed E-state index contributed by atoms with van der Waals surface area (Å²) < 4.78 is 4.93. The number of hydrogen-bond acceptors (Lipinski definition) is 3. The van der Waals surface area contributed by atoms with Crippen LogP contribution in [0.4, 0.5) is 4.79 Å². The summed E-state index contributed by atoms with van der Waals surface area (Å²) in [6.07, 6.45) is 0.836. The summed E-state index contributed by atoms with van der Waals surface area (Å²) in [6, 6.07) is 0. The molecule has 0 saturated heterocycles. The highest BCUT2D eigenvalue weighted by molar-refractivity contribution is 5.67. The fourth-order valence-corrected chi connectivity index (χ4v) is 0.488. The fourth-order valence-electron chi connectivity index (χ4n) is 0.488. The molecule has 4 heteroatoms. The van der Waals surface area contributed by atoms with Gasteiger partial charge in [0.05, 0.1) is 0 Å². The Hall–Kier alpha value is -0.770. The molecule has 3 N–H and O–H groups in total. The van der Waals surface area contributed by atoms with Gasteiger partial charge in [0.25, 0.3) is 0 Å². The Kier molecular flexibility index (Phi) is 9.88. The van der Waals surface area contributed by atoms with Crippen LogP contribution in [-0.2, 0) is 4.74 Å². The van der Waals surface area contributed by atoms with Crippen molar-refractivity contribution in [1.29, 1.82) is 0 Å². The van der Waals surface area contributed by atoms with Gasteiger partial charge in [-0.15, -0.1) is 0 Å². The molecule has 0 bridgehead atoms. The molecule has 0 atom stereocenters. The van der Waals surface area contributed by atoms with Gasteiger partial charge >= 0.3 is 6.09 Å². The third-order valence-corrected chi connectivity index (χ3v) is 0.813. The molecule has 0 rings (SSSR count). The zero-order valence-electron chi connectivity index (χ0n) is 10.0. The number of amides is 1. The quantitative estimate of drug-likeness (QED) is 0.732. The number of hydrogen-bond donors (Lipinski definition) is 2. The molecule has 1 amide bonds. The number of alkyl carbamates (subject to hydrolysis) is 1. The van der Waals surface area contributed by atoms with Gasteiger partial charge in [0.15, 0.2) is 0 Å². The third kappa shape index (κ3) is 17.4. The number of nitrogens with two attached hydrogens (primary N) is 1. The Morgan fingerprint density at radius 1 is 1.43 bits per heavy atom. The molecule has 0 spiro atoms. The molecule has 0 aromatic rings. The Morgan fingerprint density at radius 2 is 1.86 bits per heavy atom. The fraction of sp³-hybridized carbons (Fsp3) is 0.900. The summed E-state index contributed by atoms with van der Waals surface area (Å²) >= 11 is 0. The molecule has 0 aromatic carbocycles. The normalized spacial score (nSPS) is 9.86. The second-order valence-electron chi connectivity index (χ2n) is 3.92. The molecule has 14 heavy (non-hydrogen) atoms. The van der Waals surface area contributed by atoms with Gasteiger partial charge in [0, 0.05) is 15.9 Å². The number of carbonyl (C=O) groups is 1. The Bertz CT molecular complexity index is 150. The summed E-state index contributed by atoms with van der Waals surface area (Å²) in [5.74, 6) is 0. The summed E-state index contributed by atoms with van der Waals surface area (Å²) in [5, 5.41) is 2.50. The maximum atomic E-state index is 10.8. The Labute approximate surface area is 90.2 Å². The molecule has 0 heterocycles. The van der Waals surface area contributed by atoms with Crippen molar-refractivity contribution >= 4 is 6.09 Å². The number of carbonyl (C=O) groups excluding carboxylic acids is 1.